The highest BCUT2D eigenvalue weighted by Gasteiger charge is 2.35. The average Bonchev–Trinajstić information content (AvgIpc) is 0.915. The van der Waals surface area contributed by atoms with Crippen LogP contribution in [-0.4, -0.2) is 375 Å². The SMILES string of the molecule is CC1NS(=O)(=O)CCO1.O=S1(=O)CCN(CN2CCCOC2)CC1.O=S1(=O)CCN(CN2CCCOC2)CO1.O=S1(=O)CCNCO1.O=S1(=O)CCOCC1.O=S1(=O)CCOCN1CN1CCCCC1.O=S1(=O)CCOCN1CN1COCCS1(=O)=O.O=S1(=O)CCOCO1. The van der Waals surface area contributed by atoms with Crippen LogP contribution >= 0.6 is 0 Å². The molecule has 0 bridgehead atoms. The zero-order valence-electron chi connectivity index (χ0n) is 53.5. The predicted octanol–water partition coefficient (Wildman–Crippen LogP) is -6.24. The monoisotopic (exact) mass is 1550 g/mol. The van der Waals surface area contributed by atoms with E-state index in [9.17, 15) is 75.8 Å². The lowest BCUT2D eigenvalue weighted by Gasteiger charge is -2.34. The number of sulfone groups is 2. The smallest absolute Gasteiger partial charge is 0.271 e. The lowest BCUT2D eigenvalue weighted by molar-refractivity contribution is -0.0507. The molecule has 0 saturated carbocycles. The van der Waals surface area contributed by atoms with Crippen molar-refractivity contribution in [2.75, 3.05) is 256 Å². The average molecular weight is 1550 g/mol. The first-order chi connectivity index (χ1) is 44.6. The Morgan fingerprint density at radius 3 is 1.14 bits per heavy atom. The van der Waals surface area contributed by atoms with Crippen molar-refractivity contribution in [1.82, 2.24) is 47.5 Å². The lowest BCUT2D eigenvalue weighted by atomic mass is 10.1. The van der Waals surface area contributed by atoms with Gasteiger partial charge in [-0.15, -0.1) is 0 Å². The van der Waals surface area contributed by atoms with Crippen LogP contribution in [0, 0.1) is 0 Å². The molecule has 0 aliphatic carbocycles. The summed E-state index contributed by atoms with van der Waals surface area (Å²) < 4.78 is 258. The van der Waals surface area contributed by atoms with Crippen molar-refractivity contribution in [2.45, 2.75) is 45.3 Å². The Hall–Kier alpha value is -1.29. The Balaban J connectivity index is 0.000000200. The van der Waals surface area contributed by atoms with Crippen molar-refractivity contribution in [3.63, 3.8) is 0 Å². The third-order valence-corrected chi connectivity index (χ3v) is 27.8. The predicted molar refractivity (Wildman–Crippen MR) is 340 cm³/mol. The van der Waals surface area contributed by atoms with Crippen LogP contribution in [0.15, 0.2) is 0 Å². The zero-order valence-corrected chi connectivity index (χ0v) is 60.8. The Bertz CT molecular complexity index is 3070. The van der Waals surface area contributed by atoms with Gasteiger partial charge in [0.15, 0.2) is 26.5 Å². The Kier molecular flexibility index (Phi) is 36.5. The molecule has 2 N–H and O–H groups in total. The first kappa shape index (κ1) is 84.4. The maximum atomic E-state index is 11.7. The van der Waals surface area contributed by atoms with Crippen molar-refractivity contribution < 1.29 is 126 Å². The van der Waals surface area contributed by atoms with E-state index in [0.29, 0.717) is 84.2 Å². The number of sulfonamides is 4. The van der Waals surface area contributed by atoms with Crippen LogP contribution in [0.2, 0.25) is 0 Å². The molecule has 12 aliphatic heterocycles. The molecule has 0 spiro atoms. The van der Waals surface area contributed by atoms with E-state index < -0.39 is 90.1 Å². The van der Waals surface area contributed by atoms with Crippen LogP contribution in [0.5, 0.6) is 0 Å². The minimum Gasteiger partial charge on any atom is -0.379 e. The molecule has 12 heterocycles. The summed E-state index contributed by atoms with van der Waals surface area (Å²) in [6, 6.07) is 0. The van der Waals surface area contributed by atoms with Gasteiger partial charge in [-0.25, -0.2) is 54.7 Å². The number of piperidine rings is 1. The Morgan fingerprint density at radius 1 is 0.337 bits per heavy atom. The van der Waals surface area contributed by atoms with Crippen LogP contribution in [0.3, 0.4) is 0 Å². The summed E-state index contributed by atoms with van der Waals surface area (Å²) in [5.74, 6) is 1.13. The van der Waals surface area contributed by atoms with Crippen molar-refractivity contribution in [2.24, 2.45) is 0 Å². The van der Waals surface area contributed by atoms with E-state index in [-0.39, 0.29) is 125 Å². The molecular weight excluding hydrogens is 1460 g/mol. The van der Waals surface area contributed by atoms with E-state index in [0.717, 1.165) is 74.2 Å². The Labute approximate surface area is 561 Å². The third kappa shape index (κ3) is 35.4. The second-order valence-electron chi connectivity index (χ2n) is 22.5. The molecular formula is C47H96N10O29S9. The number of nitrogens with zero attached hydrogens (tertiary/aromatic N) is 8. The normalized spacial score (nSPS) is 29.3. The summed E-state index contributed by atoms with van der Waals surface area (Å²) in [5.41, 5.74) is 0. The largest absolute Gasteiger partial charge is 0.379 e. The molecule has 562 valence electrons. The van der Waals surface area contributed by atoms with Crippen LogP contribution in [0.4, 0.5) is 0 Å². The molecule has 0 aromatic rings. The van der Waals surface area contributed by atoms with Crippen LogP contribution in [0.1, 0.15) is 39.0 Å². The highest BCUT2D eigenvalue weighted by molar-refractivity contribution is 7.92. The molecule has 39 nitrogen and oxygen atoms in total. The molecule has 0 aromatic carbocycles. The Morgan fingerprint density at radius 2 is 0.768 bits per heavy atom. The molecule has 48 heteroatoms. The van der Waals surface area contributed by atoms with E-state index in [1.165, 1.54) is 23.6 Å². The summed E-state index contributed by atoms with van der Waals surface area (Å²) in [7, 11) is -28.0. The number of hydrogen-bond acceptors (Lipinski definition) is 35. The van der Waals surface area contributed by atoms with E-state index >= 15 is 0 Å². The first-order valence-corrected chi connectivity index (χ1v) is 45.4. The fourth-order valence-electron chi connectivity index (χ4n) is 9.22. The summed E-state index contributed by atoms with van der Waals surface area (Å²) in [6.45, 7) is 15.0. The minimum atomic E-state index is -3.43. The molecule has 0 radical (unpaired) electrons. The van der Waals surface area contributed by atoms with E-state index in [2.05, 4.69) is 42.7 Å². The molecule has 12 saturated heterocycles. The number of nitrogens with one attached hydrogen (secondary N) is 2. The van der Waals surface area contributed by atoms with Gasteiger partial charge < -0.3 is 37.9 Å². The van der Waals surface area contributed by atoms with E-state index in [1.54, 1.807) is 6.92 Å². The summed E-state index contributed by atoms with van der Waals surface area (Å²) in [4.78, 5) is 10.7. The van der Waals surface area contributed by atoms with Crippen molar-refractivity contribution in [3.8, 4) is 0 Å². The highest BCUT2D eigenvalue weighted by atomic mass is 32.2. The second kappa shape index (κ2) is 41.1. The van der Waals surface area contributed by atoms with Gasteiger partial charge in [-0.05, 0) is 45.7 Å². The van der Waals surface area contributed by atoms with Gasteiger partial charge >= 0.3 is 0 Å². The topological polar surface area (TPSA) is 459 Å². The number of likely N-dealkylation sites (tertiary alicyclic amines) is 1. The van der Waals surface area contributed by atoms with Gasteiger partial charge in [-0.2, -0.15) is 42.9 Å². The van der Waals surface area contributed by atoms with E-state index in [4.69, 9.17) is 37.3 Å². The van der Waals surface area contributed by atoms with Gasteiger partial charge in [-0.1, -0.05) is 6.42 Å². The van der Waals surface area contributed by atoms with E-state index in [1.807, 2.05) is 4.90 Å². The molecule has 0 aromatic heterocycles. The minimum absolute atomic E-state index is 0.0208. The molecule has 12 rings (SSSR count). The molecule has 1 unspecified atom stereocenters. The zero-order chi connectivity index (χ0) is 69.7. The van der Waals surface area contributed by atoms with Crippen LogP contribution in [-0.2, 0) is 141 Å². The standard InChI is InChI=1S/2C9H18N2O3S.C8H16N2O4S.C7H14N2O6S2.C4H9NO3S.C4H8O3S.C3H7NO3S.C3H6O4S/c12-15(13)6-3-10(4-7-15)8-11-2-1-5-14-9-11;12-15(13)7-6-14-9-11(15)8-10-4-2-1-3-5-10;11-15(12)5-3-10(8-14-15)6-9-2-1-4-13-7-9;10-16(11)3-1-14-6-8(16)5-9-7-15-2-4-17(9,12)13;1-4-5-9(6,7)3-2-8-4;5-8(6)3-1-7-2-4-8;5-8(6)2-1-4-3-7-8;4-8(5)2-1-6-3-7-8/h2*1-9H2;1-8H2;1-7H2;4-5H,2-3H2,1H3;1-4H2;4H,1-3H2;1-3H2. The summed E-state index contributed by atoms with van der Waals surface area (Å²) in [6.07, 6.45) is 5.37. The van der Waals surface area contributed by atoms with Gasteiger partial charge in [-0.3, -0.25) is 38.2 Å². The van der Waals surface area contributed by atoms with Gasteiger partial charge in [0.05, 0.1) is 150 Å². The van der Waals surface area contributed by atoms with Crippen molar-refractivity contribution >= 4 is 90.1 Å². The van der Waals surface area contributed by atoms with Crippen LogP contribution < -0.4 is 10.0 Å². The highest BCUT2D eigenvalue weighted by Crippen LogP contribution is 2.17. The molecule has 12 aliphatic rings. The van der Waals surface area contributed by atoms with Gasteiger partial charge in [0, 0.05) is 52.5 Å². The fraction of sp³-hybridized carbons (Fsp3) is 1.00. The maximum Gasteiger partial charge on any atom is 0.271 e. The molecule has 0 amide bonds. The third-order valence-electron chi connectivity index (χ3n) is 14.6. The number of hydrogen-bond donors (Lipinski definition) is 2. The molecule has 1 atom stereocenters. The van der Waals surface area contributed by atoms with Crippen molar-refractivity contribution in [3.05, 3.63) is 0 Å². The van der Waals surface area contributed by atoms with Gasteiger partial charge in [0.25, 0.3) is 30.4 Å². The molecule has 12 fully saturated rings. The first-order valence-electron chi connectivity index (χ1n) is 30.6. The maximum absolute atomic E-state index is 11.7. The number of ether oxygens (including phenoxy) is 8. The number of rotatable bonds is 8. The lowest BCUT2D eigenvalue weighted by Crippen LogP contribution is -2.51. The van der Waals surface area contributed by atoms with Crippen molar-refractivity contribution in [1.29, 1.82) is 0 Å². The summed E-state index contributed by atoms with van der Waals surface area (Å²) in [5, 5.41) is 2.74. The van der Waals surface area contributed by atoms with Gasteiger partial charge in [0.1, 0.15) is 39.9 Å². The molecule has 95 heavy (non-hydrogen) atoms. The van der Waals surface area contributed by atoms with Gasteiger partial charge in [0.2, 0.25) is 40.1 Å². The van der Waals surface area contributed by atoms with Crippen LogP contribution in [0.25, 0.3) is 0 Å². The second-order valence-corrected chi connectivity index (χ2v) is 40.6. The quantitative estimate of drug-likeness (QED) is 0.214. The fourth-order valence-corrected chi connectivity index (χ4v) is 18.3. The summed E-state index contributed by atoms with van der Waals surface area (Å²) >= 11 is 0.